The zero-order valence-corrected chi connectivity index (χ0v) is 14.8. The maximum absolute atomic E-state index is 12.5. The van der Waals surface area contributed by atoms with E-state index in [0.29, 0.717) is 17.7 Å². The molecule has 1 amide bonds. The topological polar surface area (TPSA) is 89.6 Å². The van der Waals surface area contributed by atoms with E-state index in [2.05, 4.69) is 25.0 Å². The van der Waals surface area contributed by atoms with Gasteiger partial charge in [-0.2, -0.15) is 0 Å². The van der Waals surface area contributed by atoms with E-state index in [0.717, 1.165) is 12.8 Å². The van der Waals surface area contributed by atoms with Gasteiger partial charge in [-0.3, -0.25) is 0 Å². The van der Waals surface area contributed by atoms with E-state index in [9.17, 15) is 18.0 Å². The predicted octanol–water partition coefficient (Wildman–Crippen LogP) is 3.45. The summed E-state index contributed by atoms with van der Waals surface area (Å²) in [5, 5.41) is 9.77. The second kappa shape index (κ2) is 9.29. The summed E-state index contributed by atoms with van der Waals surface area (Å²) in [4.78, 5) is 20.5. The predicted molar refractivity (Wildman–Crippen MR) is 90.7 cm³/mol. The summed E-state index contributed by atoms with van der Waals surface area (Å²) in [7, 11) is 1.47. The molecule has 0 fully saturated rings. The minimum absolute atomic E-state index is 0.209. The molecule has 27 heavy (non-hydrogen) atoms. The van der Waals surface area contributed by atoms with E-state index < -0.39 is 12.1 Å². The Morgan fingerprint density at radius 1 is 1.37 bits per heavy atom. The zero-order valence-electron chi connectivity index (χ0n) is 14.8. The van der Waals surface area contributed by atoms with E-state index in [4.69, 9.17) is 4.84 Å². The van der Waals surface area contributed by atoms with Crippen molar-refractivity contribution in [1.29, 1.82) is 0 Å². The van der Waals surface area contributed by atoms with Crippen LogP contribution >= 0.6 is 0 Å². The normalized spacial score (nSPS) is 12.6. The number of nitrogens with one attached hydrogen (secondary N) is 1. The number of alkyl halides is 3. The molecule has 1 N–H and O–H groups in total. The van der Waals surface area contributed by atoms with Gasteiger partial charge < -0.3 is 0 Å². The Morgan fingerprint density at radius 3 is 2.67 bits per heavy atom. The first kappa shape index (κ1) is 20.6. The van der Waals surface area contributed by atoms with Crippen molar-refractivity contribution < 1.29 is 27.3 Å². The van der Waals surface area contributed by atoms with Crippen LogP contribution in [0.1, 0.15) is 42.9 Å². The van der Waals surface area contributed by atoms with Crippen molar-refractivity contribution in [3.05, 3.63) is 35.7 Å². The molecule has 2 rings (SSSR count). The van der Waals surface area contributed by atoms with Gasteiger partial charge in [0, 0.05) is 0 Å². The van der Waals surface area contributed by atoms with E-state index in [-0.39, 0.29) is 17.7 Å². The molecule has 0 radical (unpaired) electrons. The van der Waals surface area contributed by atoms with Gasteiger partial charge in [0.15, 0.2) is 0 Å². The summed E-state index contributed by atoms with van der Waals surface area (Å²) in [5.41, 5.74) is 0.621. The minimum atomic E-state index is -4.71. The average molecular weight is 382 g/mol. The number of hydrogen-bond donors (Lipinski definition) is 1. The first-order valence-corrected chi connectivity index (χ1v) is 8.29. The van der Waals surface area contributed by atoms with Gasteiger partial charge in [-0.25, -0.2) is 0 Å². The van der Waals surface area contributed by atoms with Crippen molar-refractivity contribution in [2.75, 3.05) is 6.61 Å². The van der Waals surface area contributed by atoms with Crippen LogP contribution in [-0.2, 0) is 11.0 Å². The molecule has 11 heteroatoms. The summed E-state index contributed by atoms with van der Waals surface area (Å²) in [6, 6.07) is 5.78. The first-order chi connectivity index (χ1) is 12.8. The molecule has 0 aliphatic rings. The summed E-state index contributed by atoms with van der Waals surface area (Å²) in [6.45, 7) is 4.29. The van der Waals surface area contributed by atoms with Crippen LogP contribution in [0.3, 0.4) is 0 Å². The number of aromatic nitrogens is 2. The number of benzene rings is 1. The van der Waals surface area contributed by atoms with E-state index in [1.807, 2.05) is 6.92 Å². The number of unbranched alkanes of at least 4 members (excludes halogenated alkanes) is 1. The van der Waals surface area contributed by atoms with E-state index in [1.165, 1.54) is 31.3 Å². The van der Waals surface area contributed by atoms with Crippen molar-refractivity contribution in [3.63, 3.8) is 0 Å². The Balaban J connectivity index is 1.94. The molecular weight excluding hydrogens is 364 g/mol. The molecule has 0 saturated heterocycles. The third kappa shape index (κ3) is 6.19. The number of rotatable bonds is 8. The standard InChI is InChI=1S/C16H18BF3N4O3/c1-3-4-9-26-24-17-10(2)21-14(25)12-7-5-11(6-8-12)13-22-15(27-23-13)16(18,19)20/h5-8,10H,3-4,9H2,1-2H3,(H,21,25). The molecular formula is C16H18BF3N4O3. The van der Waals surface area contributed by atoms with Crippen molar-refractivity contribution in [1.82, 2.24) is 15.5 Å². The van der Waals surface area contributed by atoms with Gasteiger partial charge in [-0.15, -0.1) is 0 Å². The quantitative estimate of drug-likeness (QED) is 0.429. The number of amides is 1. The molecule has 0 aliphatic heterocycles. The summed E-state index contributed by atoms with van der Waals surface area (Å²) >= 11 is 0. The molecule has 0 spiro atoms. The number of halogens is 3. The fourth-order valence-electron chi connectivity index (χ4n) is 1.95. The Morgan fingerprint density at radius 2 is 2.07 bits per heavy atom. The van der Waals surface area contributed by atoms with Crippen LogP contribution in [0.5, 0.6) is 0 Å². The van der Waals surface area contributed by atoms with Gasteiger partial charge in [0.2, 0.25) is 0 Å². The summed E-state index contributed by atoms with van der Waals surface area (Å²) in [6.07, 6.45) is -2.81. The van der Waals surface area contributed by atoms with Crippen LogP contribution in [0.15, 0.2) is 33.8 Å². The van der Waals surface area contributed by atoms with Crippen molar-refractivity contribution in [3.8, 4) is 11.4 Å². The fraction of sp³-hybridized carbons (Fsp3) is 0.438. The average Bonchev–Trinajstić information content (AvgIpc) is 3.12. The fourth-order valence-corrected chi connectivity index (χ4v) is 1.95. The first-order valence-electron chi connectivity index (χ1n) is 8.29. The molecule has 7 nitrogen and oxygen atoms in total. The van der Waals surface area contributed by atoms with E-state index in [1.54, 1.807) is 6.92 Å². The van der Waals surface area contributed by atoms with Gasteiger partial charge >= 0.3 is 153 Å². The van der Waals surface area contributed by atoms with Crippen LogP contribution in [0.4, 0.5) is 13.2 Å². The Labute approximate surface area is 154 Å². The molecule has 144 valence electrons. The SMILES string of the molecule is CCCCON=BC(C)NC(=O)c1ccc(-c2noc(C(F)(F)F)n2)cc1. The Kier molecular flexibility index (Phi) is 7.08. The molecule has 0 bridgehead atoms. The van der Waals surface area contributed by atoms with Gasteiger partial charge in [-0.05, 0) is 0 Å². The van der Waals surface area contributed by atoms with Crippen LogP contribution in [-0.4, -0.2) is 35.7 Å². The third-order valence-electron chi connectivity index (χ3n) is 3.38. The van der Waals surface area contributed by atoms with Crippen LogP contribution in [0, 0.1) is 0 Å². The summed E-state index contributed by atoms with van der Waals surface area (Å²) < 4.78 is 41.7. The van der Waals surface area contributed by atoms with Crippen molar-refractivity contribution in [2.45, 2.75) is 38.8 Å². The molecule has 1 aromatic heterocycles. The van der Waals surface area contributed by atoms with Gasteiger partial charge in [0.1, 0.15) is 0 Å². The van der Waals surface area contributed by atoms with Crippen molar-refractivity contribution in [2.24, 2.45) is 5.06 Å². The number of nitrogens with zero attached hydrogens (tertiary/aromatic N) is 3. The number of carbonyl (C=O) groups excluding carboxylic acids is 1. The molecule has 1 aromatic carbocycles. The second-order valence-electron chi connectivity index (χ2n) is 5.70. The maximum atomic E-state index is 12.5. The zero-order chi connectivity index (χ0) is 19.9. The summed E-state index contributed by atoms with van der Waals surface area (Å²) in [5.74, 6) is -2.35. The van der Waals surface area contributed by atoms with Crippen molar-refractivity contribution >= 4 is 13.0 Å². The molecule has 0 saturated carbocycles. The van der Waals surface area contributed by atoms with Gasteiger partial charge in [0.05, 0.1) is 0 Å². The van der Waals surface area contributed by atoms with Gasteiger partial charge in [0.25, 0.3) is 0 Å². The third-order valence-corrected chi connectivity index (χ3v) is 3.38. The molecule has 1 unspecified atom stereocenters. The van der Waals surface area contributed by atoms with Crippen LogP contribution < -0.4 is 5.32 Å². The Hall–Kier alpha value is -2.72. The molecule has 0 aliphatic carbocycles. The number of hydrogen-bond acceptors (Lipinski definition) is 6. The van der Waals surface area contributed by atoms with E-state index >= 15 is 0 Å². The molecule has 1 heterocycles. The van der Waals surface area contributed by atoms with Gasteiger partial charge in [-0.1, -0.05) is 0 Å². The second-order valence-corrected chi connectivity index (χ2v) is 5.70. The molecule has 2 aromatic rings. The van der Waals surface area contributed by atoms with Crippen LogP contribution in [0.2, 0.25) is 0 Å². The molecule has 1 atom stereocenters. The number of carbonyl (C=O) groups is 1. The Bertz CT molecular complexity index is 778. The monoisotopic (exact) mass is 382 g/mol. The van der Waals surface area contributed by atoms with Crippen LogP contribution in [0.25, 0.3) is 11.4 Å².